The first-order valence-electron chi connectivity index (χ1n) is 3.88. The molecule has 0 fully saturated rings. The quantitative estimate of drug-likeness (QED) is 0.650. The number of carbonyl (C=O) groups excluding carboxylic acids is 1. The van der Waals surface area contributed by atoms with E-state index in [0.29, 0.717) is 6.42 Å². The van der Waals surface area contributed by atoms with Gasteiger partial charge in [0.2, 0.25) is 0 Å². The average Bonchev–Trinajstić information content (AvgIpc) is 2.52. The highest BCUT2D eigenvalue weighted by atomic mass is 16.1. The fraction of sp³-hybridized carbons (Fsp3) is 0.444. The van der Waals surface area contributed by atoms with Crippen LogP contribution in [0.1, 0.15) is 12.8 Å². The third-order valence-electron chi connectivity index (χ3n) is 1.73. The first-order chi connectivity index (χ1) is 5.34. The van der Waals surface area contributed by atoms with Gasteiger partial charge in [-0.1, -0.05) is 18.2 Å². The number of allylic oxidation sites excluding steroid dienone is 4. The first kappa shape index (κ1) is 8.21. The Hall–Kier alpha value is -0.890. The zero-order chi connectivity index (χ0) is 8.10. The molecule has 1 aliphatic rings. The predicted octanol–water partition coefficient (Wildman–Crippen LogP) is 1.05. The Morgan fingerprint density at radius 3 is 3.09 bits per heavy atom. The van der Waals surface area contributed by atoms with E-state index in [1.54, 1.807) is 0 Å². The minimum Gasteiger partial charge on any atom is -0.319 e. The number of nitrogens with one attached hydrogen (secondary N) is 1. The molecule has 60 valence electrons. The van der Waals surface area contributed by atoms with E-state index in [1.165, 1.54) is 0 Å². The molecule has 0 atom stereocenters. The number of ketones is 1. The highest BCUT2D eigenvalue weighted by Gasteiger charge is 2.08. The lowest BCUT2D eigenvalue weighted by molar-refractivity contribution is -0.115. The van der Waals surface area contributed by atoms with Gasteiger partial charge in [-0.05, 0) is 19.0 Å². The molecule has 0 saturated carbocycles. The van der Waals surface area contributed by atoms with Gasteiger partial charge in [-0.15, -0.1) is 0 Å². The minimum absolute atomic E-state index is 0.268. The summed E-state index contributed by atoms with van der Waals surface area (Å²) in [4.78, 5) is 11.3. The molecule has 1 aliphatic carbocycles. The highest BCUT2D eigenvalue weighted by molar-refractivity contribution is 5.96. The Morgan fingerprint density at radius 1 is 1.73 bits per heavy atom. The fourth-order valence-corrected chi connectivity index (χ4v) is 1.05. The van der Waals surface area contributed by atoms with Crippen molar-refractivity contribution in [2.24, 2.45) is 0 Å². The van der Waals surface area contributed by atoms with Crippen molar-refractivity contribution < 1.29 is 4.79 Å². The van der Waals surface area contributed by atoms with Crippen LogP contribution in [0.2, 0.25) is 0 Å². The van der Waals surface area contributed by atoms with Gasteiger partial charge < -0.3 is 5.32 Å². The van der Waals surface area contributed by atoms with Crippen molar-refractivity contribution in [3.63, 3.8) is 0 Å². The lowest BCUT2D eigenvalue weighted by atomic mass is 10.1. The molecule has 2 heteroatoms. The summed E-state index contributed by atoms with van der Waals surface area (Å²) in [5.74, 6) is 0.268. The third kappa shape index (κ3) is 2.31. The molecule has 0 heterocycles. The normalized spacial score (nSPS) is 15.2. The van der Waals surface area contributed by atoms with Crippen LogP contribution in [0, 0.1) is 0 Å². The van der Waals surface area contributed by atoms with Gasteiger partial charge in [0, 0.05) is 13.0 Å². The van der Waals surface area contributed by atoms with Crippen LogP contribution in [0.4, 0.5) is 0 Å². The molecule has 0 bridgehead atoms. The zero-order valence-corrected chi connectivity index (χ0v) is 6.76. The summed E-state index contributed by atoms with van der Waals surface area (Å²) >= 11 is 0. The second-order valence-electron chi connectivity index (χ2n) is 2.60. The van der Waals surface area contributed by atoms with Gasteiger partial charge in [0.05, 0.1) is 0 Å². The third-order valence-corrected chi connectivity index (χ3v) is 1.73. The molecule has 0 unspecified atom stereocenters. The van der Waals surface area contributed by atoms with Crippen molar-refractivity contribution in [3.8, 4) is 0 Å². The summed E-state index contributed by atoms with van der Waals surface area (Å²) in [5, 5.41) is 2.95. The highest BCUT2D eigenvalue weighted by Crippen LogP contribution is 2.12. The molecule has 0 spiro atoms. The lowest BCUT2D eigenvalue weighted by Gasteiger charge is -1.99. The van der Waals surface area contributed by atoms with Gasteiger partial charge >= 0.3 is 0 Å². The maximum Gasteiger partial charge on any atom is 0.160 e. The van der Waals surface area contributed by atoms with Gasteiger partial charge in [0.1, 0.15) is 0 Å². The lowest BCUT2D eigenvalue weighted by Crippen LogP contribution is -2.13. The second kappa shape index (κ2) is 4.09. The van der Waals surface area contributed by atoms with Crippen molar-refractivity contribution in [1.29, 1.82) is 0 Å². The van der Waals surface area contributed by atoms with Gasteiger partial charge in [-0.3, -0.25) is 4.79 Å². The summed E-state index contributed by atoms with van der Waals surface area (Å²) in [7, 11) is 1.86. The van der Waals surface area contributed by atoms with Crippen molar-refractivity contribution in [2.45, 2.75) is 12.8 Å². The summed E-state index contributed by atoms with van der Waals surface area (Å²) in [5.41, 5.74) is 0.945. The van der Waals surface area contributed by atoms with Crippen LogP contribution in [0.3, 0.4) is 0 Å². The molecule has 0 amide bonds. The number of hydrogen-bond donors (Lipinski definition) is 1. The predicted molar refractivity (Wildman–Crippen MR) is 45.4 cm³/mol. The first-order valence-corrected chi connectivity index (χ1v) is 3.88. The summed E-state index contributed by atoms with van der Waals surface area (Å²) in [6.45, 7) is 0.774. The summed E-state index contributed by atoms with van der Waals surface area (Å²) < 4.78 is 0. The molecule has 2 nitrogen and oxygen atoms in total. The monoisotopic (exact) mass is 151 g/mol. The Kier molecular flexibility index (Phi) is 3.05. The maximum absolute atomic E-state index is 11.3. The Morgan fingerprint density at radius 2 is 2.55 bits per heavy atom. The minimum atomic E-state index is 0.268. The smallest absolute Gasteiger partial charge is 0.160 e. The van der Waals surface area contributed by atoms with Gasteiger partial charge in [0.15, 0.2) is 5.78 Å². The molecular weight excluding hydrogens is 138 g/mol. The van der Waals surface area contributed by atoms with E-state index in [-0.39, 0.29) is 5.78 Å². The molecule has 1 N–H and O–H groups in total. The molecular formula is C9H13NO. The van der Waals surface area contributed by atoms with Crippen LogP contribution in [-0.2, 0) is 4.79 Å². The van der Waals surface area contributed by atoms with Crippen LogP contribution in [0.5, 0.6) is 0 Å². The van der Waals surface area contributed by atoms with Crippen LogP contribution < -0.4 is 5.32 Å². The van der Waals surface area contributed by atoms with E-state index in [9.17, 15) is 4.79 Å². The van der Waals surface area contributed by atoms with Crippen LogP contribution >= 0.6 is 0 Å². The number of carbonyl (C=O) groups is 1. The van der Waals surface area contributed by atoms with E-state index >= 15 is 0 Å². The SMILES string of the molecule is CNCCC(=O)C1=CC=CC1. The van der Waals surface area contributed by atoms with E-state index in [1.807, 2.05) is 25.3 Å². The standard InChI is InChI=1S/C9H13NO/c1-10-7-6-9(11)8-4-2-3-5-8/h2-4,10H,5-7H2,1H3. The molecule has 0 saturated heterocycles. The van der Waals surface area contributed by atoms with Gasteiger partial charge in [0.25, 0.3) is 0 Å². The number of hydrogen-bond acceptors (Lipinski definition) is 2. The second-order valence-corrected chi connectivity index (χ2v) is 2.60. The maximum atomic E-state index is 11.3. The zero-order valence-electron chi connectivity index (χ0n) is 6.76. The van der Waals surface area contributed by atoms with Crippen molar-refractivity contribution >= 4 is 5.78 Å². The Labute approximate surface area is 67.0 Å². The summed E-state index contributed by atoms with van der Waals surface area (Å²) in [6, 6.07) is 0. The largest absolute Gasteiger partial charge is 0.319 e. The molecule has 0 aliphatic heterocycles. The number of rotatable bonds is 4. The van der Waals surface area contributed by atoms with Gasteiger partial charge in [-0.25, -0.2) is 0 Å². The van der Waals surface area contributed by atoms with E-state index in [0.717, 1.165) is 18.5 Å². The van der Waals surface area contributed by atoms with Crippen molar-refractivity contribution in [1.82, 2.24) is 5.32 Å². The molecule has 11 heavy (non-hydrogen) atoms. The average molecular weight is 151 g/mol. The van der Waals surface area contributed by atoms with E-state index in [2.05, 4.69) is 5.32 Å². The van der Waals surface area contributed by atoms with Crippen LogP contribution in [-0.4, -0.2) is 19.4 Å². The fourth-order valence-electron chi connectivity index (χ4n) is 1.05. The van der Waals surface area contributed by atoms with Crippen molar-refractivity contribution in [3.05, 3.63) is 23.8 Å². The topological polar surface area (TPSA) is 29.1 Å². The molecule has 1 rings (SSSR count). The molecule has 0 aromatic rings. The molecule has 0 radical (unpaired) electrons. The van der Waals surface area contributed by atoms with Crippen LogP contribution in [0.15, 0.2) is 23.8 Å². The van der Waals surface area contributed by atoms with Crippen LogP contribution in [0.25, 0.3) is 0 Å². The molecule has 0 aromatic heterocycles. The summed E-state index contributed by atoms with van der Waals surface area (Å²) in [6.07, 6.45) is 7.28. The van der Waals surface area contributed by atoms with Crippen molar-refractivity contribution in [2.75, 3.05) is 13.6 Å². The molecule has 0 aromatic carbocycles. The van der Waals surface area contributed by atoms with Gasteiger partial charge in [-0.2, -0.15) is 0 Å². The van der Waals surface area contributed by atoms with E-state index < -0.39 is 0 Å². The Balaban J connectivity index is 2.31. The van der Waals surface area contributed by atoms with E-state index in [4.69, 9.17) is 0 Å². The number of Topliss-reactive ketones (excluding diaryl/α,β-unsaturated/α-hetero) is 1. The Bertz CT molecular complexity index is 204.